The highest BCUT2D eigenvalue weighted by Crippen LogP contribution is 2.27. The standard InChI is InChI=1S/C21H26ClN3O3/c1-27-20-8-7-17(22)15-19(20)23-21(26)16-25-11-9-24(10-12-25)13-14-28-18-5-3-2-4-6-18/h2-8,15H,9-14,16H2,1H3,(H,23,26)/p+2. The fourth-order valence-corrected chi connectivity index (χ4v) is 3.59. The Balaban J connectivity index is 1.38. The fraction of sp³-hybridized carbons (Fsp3) is 0.381. The molecule has 3 N–H and O–H groups in total. The van der Waals surface area contributed by atoms with Gasteiger partial charge in [0.25, 0.3) is 5.91 Å². The number of amides is 1. The summed E-state index contributed by atoms with van der Waals surface area (Å²) in [4.78, 5) is 15.2. The summed E-state index contributed by atoms with van der Waals surface area (Å²) >= 11 is 6.02. The van der Waals surface area contributed by atoms with Gasteiger partial charge in [-0.3, -0.25) is 4.79 Å². The number of piperazine rings is 1. The summed E-state index contributed by atoms with van der Waals surface area (Å²) in [7, 11) is 1.58. The minimum Gasteiger partial charge on any atom is -0.495 e. The summed E-state index contributed by atoms with van der Waals surface area (Å²) in [6, 6.07) is 15.1. The average molecular weight is 406 g/mol. The molecule has 150 valence electrons. The van der Waals surface area contributed by atoms with E-state index in [-0.39, 0.29) is 5.91 Å². The van der Waals surface area contributed by atoms with E-state index >= 15 is 0 Å². The SMILES string of the molecule is COc1ccc(Cl)cc1NC(=O)C[NH+]1CC[NH+](CCOc2ccccc2)CC1. The Morgan fingerprint density at radius 3 is 2.50 bits per heavy atom. The maximum Gasteiger partial charge on any atom is 0.279 e. The Hall–Kier alpha value is -2.28. The summed E-state index contributed by atoms with van der Waals surface area (Å²) in [6.07, 6.45) is 0. The quantitative estimate of drug-likeness (QED) is 0.586. The van der Waals surface area contributed by atoms with Crippen molar-refractivity contribution in [3.05, 3.63) is 53.6 Å². The highest BCUT2D eigenvalue weighted by Gasteiger charge is 2.25. The average Bonchev–Trinajstić information content (AvgIpc) is 2.70. The van der Waals surface area contributed by atoms with Crippen molar-refractivity contribution in [1.82, 2.24) is 0 Å². The summed E-state index contributed by atoms with van der Waals surface area (Å²) in [5.41, 5.74) is 0.613. The van der Waals surface area contributed by atoms with Crippen molar-refractivity contribution in [3.8, 4) is 11.5 Å². The van der Waals surface area contributed by atoms with Crippen LogP contribution in [-0.4, -0.2) is 58.9 Å². The van der Waals surface area contributed by atoms with Gasteiger partial charge in [0.1, 0.15) is 50.8 Å². The van der Waals surface area contributed by atoms with Crippen LogP contribution in [-0.2, 0) is 4.79 Å². The summed E-state index contributed by atoms with van der Waals surface area (Å²) < 4.78 is 11.1. The van der Waals surface area contributed by atoms with Crippen molar-refractivity contribution in [1.29, 1.82) is 0 Å². The molecule has 1 heterocycles. The van der Waals surface area contributed by atoms with Crippen LogP contribution in [0.5, 0.6) is 11.5 Å². The molecule has 28 heavy (non-hydrogen) atoms. The molecule has 0 atom stereocenters. The van der Waals surface area contributed by atoms with Gasteiger partial charge in [-0.2, -0.15) is 0 Å². The largest absolute Gasteiger partial charge is 0.495 e. The van der Waals surface area contributed by atoms with Crippen molar-refractivity contribution in [2.24, 2.45) is 0 Å². The first-order chi connectivity index (χ1) is 13.6. The molecule has 1 fully saturated rings. The number of carbonyl (C=O) groups excluding carboxylic acids is 1. The Labute approximate surface area is 171 Å². The number of benzene rings is 2. The van der Waals surface area contributed by atoms with Crippen molar-refractivity contribution in [2.75, 3.05) is 58.3 Å². The lowest BCUT2D eigenvalue weighted by molar-refractivity contribution is -1.01. The smallest absolute Gasteiger partial charge is 0.279 e. The van der Waals surface area contributed by atoms with Gasteiger partial charge in [0, 0.05) is 5.02 Å². The normalized spacial score (nSPS) is 19.1. The van der Waals surface area contributed by atoms with E-state index in [0.717, 1.165) is 38.5 Å². The topological polar surface area (TPSA) is 56.4 Å². The number of carbonyl (C=O) groups is 1. The molecule has 1 saturated heterocycles. The predicted molar refractivity (Wildman–Crippen MR) is 110 cm³/mol. The molecule has 1 amide bonds. The zero-order valence-corrected chi connectivity index (χ0v) is 16.9. The maximum atomic E-state index is 12.4. The lowest BCUT2D eigenvalue weighted by Crippen LogP contribution is -3.28. The molecule has 2 aromatic rings. The Morgan fingerprint density at radius 2 is 1.79 bits per heavy atom. The second kappa shape index (κ2) is 10.3. The number of rotatable bonds is 8. The molecule has 3 rings (SSSR count). The number of para-hydroxylation sites is 1. The van der Waals surface area contributed by atoms with Crippen LogP contribution in [0.1, 0.15) is 0 Å². The van der Waals surface area contributed by atoms with Gasteiger partial charge in [-0.05, 0) is 30.3 Å². The summed E-state index contributed by atoms with van der Waals surface area (Å²) in [5, 5.41) is 3.49. The van der Waals surface area contributed by atoms with Crippen molar-refractivity contribution < 1.29 is 24.1 Å². The Bertz CT molecular complexity index is 765. The van der Waals surface area contributed by atoms with Gasteiger partial charge in [0.2, 0.25) is 0 Å². The van der Waals surface area contributed by atoms with Gasteiger partial charge in [-0.1, -0.05) is 29.8 Å². The van der Waals surface area contributed by atoms with Gasteiger partial charge in [-0.25, -0.2) is 0 Å². The van der Waals surface area contributed by atoms with E-state index in [1.54, 1.807) is 25.3 Å². The minimum absolute atomic E-state index is 0.0218. The van der Waals surface area contributed by atoms with Gasteiger partial charge >= 0.3 is 0 Å². The molecule has 0 aliphatic carbocycles. The van der Waals surface area contributed by atoms with Crippen molar-refractivity contribution >= 4 is 23.2 Å². The molecular formula is C21H28ClN3O3+2. The molecule has 6 nitrogen and oxygen atoms in total. The number of quaternary nitrogens is 2. The Morgan fingerprint density at radius 1 is 1.07 bits per heavy atom. The highest BCUT2D eigenvalue weighted by molar-refractivity contribution is 6.31. The molecular weight excluding hydrogens is 378 g/mol. The van der Waals surface area contributed by atoms with Crippen LogP contribution in [0.3, 0.4) is 0 Å². The number of ether oxygens (including phenoxy) is 2. The molecule has 2 aromatic carbocycles. The van der Waals surface area contributed by atoms with Gasteiger partial charge < -0.3 is 24.6 Å². The number of anilines is 1. The van der Waals surface area contributed by atoms with Crippen LogP contribution in [0.25, 0.3) is 0 Å². The number of nitrogens with one attached hydrogen (secondary N) is 3. The second-order valence-corrected chi connectivity index (χ2v) is 7.42. The first-order valence-corrected chi connectivity index (χ1v) is 10.00. The molecule has 0 spiro atoms. The van der Waals surface area contributed by atoms with E-state index in [1.165, 1.54) is 9.80 Å². The summed E-state index contributed by atoms with van der Waals surface area (Å²) in [6.45, 7) is 6.17. The van der Waals surface area contributed by atoms with Crippen LogP contribution < -0.4 is 24.6 Å². The third-order valence-corrected chi connectivity index (χ3v) is 5.21. The number of methoxy groups -OCH3 is 1. The number of hydrogen-bond acceptors (Lipinski definition) is 3. The van der Waals surface area contributed by atoms with Gasteiger partial charge in [0.05, 0.1) is 12.8 Å². The second-order valence-electron chi connectivity index (χ2n) is 6.98. The van der Waals surface area contributed by atoms with Crippen LogP contribution in [0.15, 0.2) is 48.5 Å². The number of halogens is 1. The molecule has 0 aromatic heterocycles. The molecule has 1 aliphatic heterocycles. The number of hydrogen-bond donors (Lipinski definition) is 3. The molecule has 0 bridgehead atoms. The maximum absolute atomic E-state index is 12.4. The predicted octanol–water partition coefficient (Wildman–Crippen LogP) is 0.150. The molecule has 0 saturated carbocycles. The molecule has 0 radical (unpaired) electrons. The van der Waals surface area contributed by atoms with Crippen molar-refractivity contribution in [2.45, 2.75) is 0 Å². The van der Waals surface area contributed by atoms with E-state index < -0.39 is 0 Å². The third kappa shape index (κ3) is 6.12. The van der Waals surface area contributed by atoms with Crippen molar-refractivity contribution in [3.63, 3.8) is 0 Å². The lowest BCUT2D eigenvalue weighted by atomic mass is 10.2. The van der Waals surface area contributed by atoms with Gasteiger partial charge in [-0.15, -0.1) is 0 Å². The molecule has 0 unspecified atom stereocenters. The zero-order valence-electron chi connectivity index (χ0n) is 16.2. The third-order valence-electron chi connectivity index (χ3n) is 4.98. The monoisotopic (exact) mass is 405 g/mol. The van der Waals surface area contributed by atoms with E-state index in [4.69, 9.17) is 21.1 Å². The molecule has 7 heteroatoms. The van der Waals surface area contributed by atoms with Gasteiger partial charge in [0.15, 0.2) is 6.54 Å². The zero-order chi connectivity index (χ0) is 19.8. The van der Waals surface area contributed by atoms with Crippen LogP contribution >= 0.6 is 11.6 Å². The van der Waals surface area contributed by atoms with E-state index in [2.05, 4.69) is 5.32 Å². The molecule has 1 aliphatic rings. The van der Waals surface area contributed by atoms with E-state index in [0.29, 0.717) is 29.6 Å². The fourth-order valence-electron chi connectivity index (χ4n) is 3.41. The summed E-state index contributed by atoms with van der Waals surface area (Å²) in [5.74, 6) is 1.51. The van der Waals surface area contributed by atoms with E-state index in [1.807, 2.05) is 30.3 Å². The highest BCUT2D eigenvalue weighted by atomic mass is 35.5. The van der Waals surface area contributed by atoms with E-state index in [9.17, 15) is 4.79 Å². The minimum atomic E-state index is -0.0218. The lowest BCUT2D eigenvalue weighted by Gasteiger charge is -2.29. The first kappa shape index (κ1) is 20.5. The van der Waals surface area contributed by atoms with Crippen LogP contribution in [0, 0.1) is 0 Å². The first-order valence-electron chi connectivity index (χ1n) is 9.62. The Kier molecular flexibility index (Phi) is 7.54. The van der Waals surface area contributed by atoms with Crippen LogP contribution in [0.4, 0.5) is 5.69 Å². The van der Waals surface area contributed by atoms with Crippen LogP contribution in [0.2, 0.25) is 5.02 Å².